The van der Waals surface area contributed by atoms with Crippen molar-refractivity contribution in [3.8, 4) is 11.4 Å². The first kappa shape index (κ1) is 19.9. The van der Waals surface area contributed by atoms with E-state index in [2.05, 4.69) is 20.3 Å². The summed E-state index contributed by atoms with van der Waals surface area (Å²) in [5, 5.41) is 2.99. The number of nitrogens with zero attached hydrogens (tertiary/aromatic N) is 3. The molecule has 0 saturated heterocycles. The number of anilines is 2. The number of hydrogen-bond donors (Lipinski definition) is 1. The van der Waals surface area contributed by atoms with Crippen LogP contribution in [0.5, 0.6) is 0 Å². The van der Waals surface area contributed by atoms with E-state index in [4.69, 9.17) is 9.47 Å². The quantitative estimate of drug-likeness (QED) is 0.608. The molecule has 2 aromatic heterocycles. The smallest absolute Gasteiger partial charge is 0.343 e. The fourth-order valence-electron chi connectivity index (χ4n) is 2.52. The van der Waals surface area contributed by atoms with Gasteiger partial charge in [0.1, 0.15) is 17.2 Å². The van der Waals surface area contributed by atoms with E-state index >= 15 is 0 Å². The summed E-state index contributed by atoms with van der Waals surface area (Å²) >= 11 is 0. The van der Waals surface area contributed by atoms with E-state index < -0.39 is 11.9 Å². The van der Waals surface area contributed by atoms with Crippen molar-refractivity contribution in [3.05, 3.63) is 66.0 Å². The Bertz CT molecular complexity index is 1010. The van der Waals surface area contributed by atoms with Gasteiger partial charge in [0.25, 0.3) is 0 Å². The van der Waals surface area contributed by atoms with Gasteiger partial charge in [0.2, 0.25) is 0 Å². The fourth-order valence-corrected chi connectivity index (χ4v) is 2.52. The maximum absolute atomic E-state index is 12.3. The maximum atomic E-state index is 12.3. The molecule has 148 valence electrons. The molecule has 0 aliphatic rings. The minimum Gasteiger partial charge on any atom is -0.462 e. The largest absolute Gasteiger partial charge is 0.462 e. The highest BCUT2D eigenvalue weighted by Gasteiger charge is 2.18. The third-order valence-corrected chi connectivity index (χ3v) is 3.83. The number of carbonyl (C=O) groups is 2. The molecule has 0 radical (unpaired) electrons. The molecule has 0 amide bonds. The summed E-state index contributed by atoms with van der Waals surface area (Å²) in [5.41, 5.74) is 1.29. The molecule has 1 N–H and O–H groups in total. The van der Waals surface area contributed by atoms with Crippen molar-refractivity contribution in [2.75, 3.05) is 18.5 Å². The van der Waals surface area contributed by atoms with Gasteiger partial charge in [-0.2, -0.15) is 0 Å². The molecule has 0 atom stereocenters. The molecule has 29 heavy (non-hydrogen) atoms. The SMILES string of the molecule is CCOC(=O)c1ccnc(Nc2nc(-c3ccccc3)ncc2C(=O)OCC)c1. The number of carbonyl (C=O) groups excluding carboxylic acids is 2. The Labute approximate surface area is 167 Å². The molecule has 3 aromatic rings. The molecule has 0 saturated carbocycles. The Morgan fingerprint density at radius 3 is 2.41 bits per heavy atom. The molecule has 0 aliphatic heterocycles. The molecule has 0 unspecified atom stereocenters. The number of benzene rings is 1. The van der Waals surface area contributed by atoms with Crippen molar-refractivity contribution in [2.24, 2.45) is 0 Å². The van der Waals surface area contributed by atoms with Crippen LogP contribution in [0.4, 0.5) is 11.6 Å². The Hall–Kier alpha value is -3.81. The Morgan fingerprint density at radius 2 is 1.69 bits per heavy atom. The molecule has 2 heterocycles. The topological polar surface area (TPSA) is 103 Å². The normalized spacial score (nSPS) is 10.3. The first-order valence-corrected chi connectivity index (χ1v) is 9.12. The molecule has 0 fully saturated rings. The summed E-state index contributed by atoms with van der Waals surface area (Å²) in [6, 6.07) is 12.4. The van der Waals surface area contributed by atoms with E-state index in [0.717, 1.165) is 5.56 Å². The van der Waals surface area contributed by atoms with Gasteiger partial charge in [-0.05, 0) is 26.0 Å². The molecule has 0 aliphatic carbocycles. The lowest BCUT2D eigenvalue weighted by atomic mass is 10.2. The Kier molecular flexibility index (Phi) is 6.47. The summed E-state index contributed by atoms with van der Waals surface area (Å²) < 4.78 is 10.1. The van der Waals surface area contributed by atoms with Crippen LogP contribution in [0.25, 0.3) is 11.4 Å². The number of nitrogens with one attached hydrogen (secondary N) is 1. The zero-order valence-electron chi connectivity index (χ0n) is 16.1. The van der Waals surface area contributed by atoms with Crippen LogP contribution >= 0.6 is 0 Å². The van der Waals surface area contributed by atoms with Crippen LogP contribution in [0.3, 0.4) is 0 Å². The van der Waals surface area contributed by atoms with Crippen molar-refractivity contribution in [1.82, 2.24) is 15.0 Å². The molecule has 0 spiro atoms. The van der Waals surface area contributed by atoms with Crippen LogP contribution in [-0.4, -0.2) is 40.1 Å². The maximum Gasteiger partial charge on any atom is 0.343 e. The van der Waals surface area contributed by atoms with E-state index in [1.54, 1.807) is 19.9 Å². The lowest BCUT2D eigenvalue weighted by molar-refractivity contribution is 0.0516. The highest BCUT2D eigenvalue weighted by Crippen LogP contribution is 2.23. The monoisotopic (exact) mass is 392 g/mol. The van der Waals surface area contributed by atoms with Crippen LogP contribution in [-0.2, 0) is 9.47 Å². The molecule has 3 rings (SSSR count). The predicted molar refractivity (Wildman–Crippen MR) is 107 cm³/mol. The van der Waals surface area contributed by atoms with Crippen molar-refractivity contribution in [3.63, 3.8) is 0 Å². The second kappa shape index (κ2) is 9.41. The third-order valence-electron chi connectivity index (χ3n) is 3.83. The van der Waals surface area contributed by atoms with Crippen molar-refractivity contribution in [2.45, 2.75) is 13.8 Å². The number of rotatable bonds is 7. The Balaban J connectivity index is 1.98. The van der Waals surface area contributed by atoms with Crippen LogP contribution in [0.2, 0.25) is 0 Å². The van der Waals surface area contributed by atoms with E-state index in [-0.39, 0.29) is 24.6 Å². The predicted octanol–water partition coefficient (Wildman–Crippen LogP) is 3.64. The van der Waals surface area contributed by atoms with Crippen LogP contribution < -0.4 is 5.32 Å². The molecule has 8 heteroatoms. The lowest BCUT2D eigenvalue weighted by Gasteiger charge is -2.12. The summed E-state index contributed by atoms with van der Waals surface area (Å²) in [6.07, 6.45) is 2.88. The molecule has 0 bridgehead atoms. The van der Waals surface area contributed by atoms with Gasteiger partial charge < -0.3 is 14.8 Å². The van der Waals surface area contributed by atoms with Crippen molar-refractivity contribution < 1.29 is 19.1 Å². The number of ether oxygens (including phenoxy) is 2. The summed E-state index contributed by atoms with van der Waals surface area (Å²) in [4.78, 5) is 37.2. The van der Waals surface area contributed by atoms with E-state index in [1.807, 2.05) is 30.3 Å². The molecule has 8 nitrogen and oxygen atoms in total. The van der Waals surface area contributed by atoms with Crippen molar-refractivity contribution in [1.29, 1.82) is 0 Å². The second-order valence-corrected chi connectivity index (χ2v) is 5.82. The van der Waals surface area contributed by atoms with Gasteiger partial charge in [0, 0.05) is 18.0 Å². The van der Waals surface area contributed by atoms with Crippen molar-refractivity contribution >= 4 is 23.6 Å². The van der Waals surface area contributed by atoms with Gasteiger partial charge in [0.05, 0.1) is 18.8 Å². The van der Waals surface area contributed by atoms with E-state index in [0.29, 0.717) is 17.2 Å². The van der Waals surface area contributed by atoms with Gasteiger partial charge in [-0.25, -0.2) is 24.5 Å². The van der Waals surface area contributed by atoms with Crippen LogP contribution in [0, 0.1) is 0 Å². The fraction of sp³-hybridized carbons (Fsp3) is 0.190. The first-order valence-electron chi connectivity index (χ1n) is 9.12. The lowest BCUT2D eigenvalue weighted by Crippen LogP contribution is -2.12. The molecular weight excluding hydrogens is 372 g/mol. The highest BCUT2D eigenvalue weighted by atomic mass is 16.5. The molecular formula is C21H20N4O4. The highest BCUT2D eigenvalue weighted by molar-refractivity contribution is 5.95. The minimum absolute atomic E-state index is 0.162. The average Bonchev–Trinajstić information content (AvgIpc) is 2.75. The van der Waals surface area contributed by atoms with E-state index in [9.17, 15) is 9.59 Å². The summed E-state index contributed by atoms with van der Waals surface area (Å²) in [7, 11) is 0. The number of esters is 2. The zero-order chi connectivity index (χ0) is 20.6. The number of hydrogen-bond acceptors (Lipinski definition) is 8. The third kappa shape index (κ3) is 4.92. The minimum atomic E-state index is -0.559. The van der Waals surface area contributed by atoms with Gasteiger partial charge in [-0.15, -0.1) is 0 Å². The van der Waals surface area contributed by atoms with Crippen LogP contribution in [0.15, 0.2) is 54.9 Å². The van der Waals surface area contributed by atoms with Gasteiger partial charge >= 0.3 is 11.9 Å². The van der Waals surface area contributed by atoms with E-state index in [1.165, 1.54) is 18.5 Å². The standard InChI is InChI=1S/C21H20N4O4/c1-3-28-20(26)15-10-11-22-17(12-15)24-19-16(21(27)29-4-2)13-23-18(25-19)14-8-6-5-7-9-14/h5-13H,3-4H2,1-2H3,(H,22,23,24,25). The molecule has 1 aromatic carbocycles. The Morgan fingerprint density at radius 1 is 0.966 bits per heavy atom. The summed E-state index contributed by atoms with van der Waals surface area (Å²) in [6.45, 7) is 3.93. The zero-order valence-corrected chi connectivity index (χ0v) is 16.1. The summed E-state index contributed by atoms with van der Waals surface area (Å²) in [5.74, 6) is -0.0280. The average molecular weight is 392 g/mol. The first-order chi connectivity index (χ1) is 14.1. The van der Waals surface area contributed by atoms with Gasteiger partial charge in [-0.3, -0.25) is 0 Å². The number of pyridine rings is 1. The second-order valence-electron chi connectivity index (χ2n) is 5.82. The van der Waals surface area contributed by atoms with Crippen LogP contribution in [0.1, 0.15) is 34.6 Å². The number of aromatic nitrogens is 3. The van der Waals surface area contributed by atoms with Gasteiger partial charge in [-0.1, -0.05) is 30.3 Å². The van der Waals surface area contributed by atoms with Gasteiger partial charge in [0.15, 0.2) is 5.82 Å².